The van der Waals surface area contributed by atoms with Crippen molar-refractivity contribution in [1.29, 1.82) is 0 Å². The van der Waals surface area contributed by atoms with Gasteiger partial charge in [0.2, 0.25) is 5.56 Å². The highest BCUT2D eigenvalue weighted by Crippen LogP contribution is 2.52. The van der Waals surface area contributed by atoms with Crippen LogP contribution >= 0.6 is 0 Å². The van der Waals surface area contributed by atoms with Crippen molar-refractivity contribution in [3.63, 3.8) is 0 Å². The summed E-state index contributed by atoms with van der Waals surface area (Å²) < 4.78 is 5.16. The standard InChI is InChI=1S/C27H28N2O3/c1-4-22-20-13-12-18(3)27(22,23-14-15-25(30)29-24(23)17-20)28-16-8-10-19-9-6-7-11-21(19)26(31)32-5-2/h4,6-16,18,20H,5,17H2,1-3H3,(H,29,30)/b10-8+,22-4+,28-16?. The zero-order valence-electron chi connectivity index (χ0n) is 18.7. The van der Waals surface area contributed by atoms with Crippen molar-refractivity contribution in [2.75, 3.05) is 6.61 Å². The summed E-state index contributed by atoms with van der Waals surface area (Å²) in [5.74, 6) is 0.0114. The number of benzene rings is 1. The average molecular weight is 429 g/mol. The fraction of sp³-hybridized carbons (Fsp3) is 0.296. The lowest BCUT2D eigenvalue weighted by Crippen LogP contribution is -2.44. The van der Waals surface area contributed by atoms with Gasteiger partial charge >= 0.3 is 5.97 Å². The van der Waals surface area contributed by atoms with Gasteiger partial charge in [0.05, 0.1) is 12.2 Å². The summed E-state index contributed by atoms with van der Waals surface area (Å²) >= 11 is 0. The Balaban J connectivity index is 1.74. The van der Waals surface area contributed by atoms with Crippen molar-refractivity contribution in [3.8, 4) is 0 Å². The molecule has 3 atom stereocenters. The van der Waals surface area contributed by atoms with Gasteiger partial charge in [0.1, 0.15) is 5.54 Å². The number of H-pyrrole nitrogens is 1. The predicted octanol–water partition coefficient (Wildman–Crippen LogP) is 4.86. The zero-order chi connectivity index (χ0) is 22.7. The molecule has 3 unspecified atom stereocenters. The quantitative estimate of drug-likeness (QED) is 0.420. The number of nitrogens with zero attached hydrogens (tertiary/aromatic N) is 1. The number of aromatic nitrogens is 1. The van der Waals surface area contributed by atoms with Crippen LogP contribution in [0.1, 0.15) is 48.0 Å². The van der Waals surface area contributed by atoms with Crippen molar-refractivity contribution >= 4 is 18.3 Å². The molecule has 1 N–H and O–H groups in total. The van der Waals surface area contributed by atoms with Crippen LogP contribution in [0.5, 0.6) is 0 Å². The molecule has 32 heavy (non-hydrogen) atoms. The van der Waals surface area contributed by atoms with Gasteiger partial charge in [-0.2, -0.15) is 0 Å². The number of ether oxygens (including phenoxy) is 1. The van der Waals surface area contributed by atoms with Crippen molar-refractivity contribution in [2.24, 2.45) is 16.8 Å². The fourth-order valence-corrected chi connectivity index (χ4v) is 4.96. The number of aromatic amines is 1. The molecule has 5 nitrogen and oxygen atoms in total. The normalized spacial score (nSPS) is 25.4. The third kappa shape index (κ3) is 3.68. The van der Waals surface area contributed by atoms with Crippen molar-refractivity contribution in [3.05, 3.63) is 99.0 Å². The predicted molar refractivity (Wildman–Crippen MR) is 128 cm³/mol. The Hall–Kier alpha value is -3.47. The van der Waals surface area contributed by atoms with Crippen LogP contribution in [0, 0.1) is 11.8 Å². The maximum absolute atomic E-state index is 12.2. The number of hydrogen-bond donors (Lipinski definition) is 1. The average Bonchev–Trinajstić information content (AvgIpc) is 2.79. The third-order valence-corrected chi connectivity index (χ3v) is 6.37. The molecule has 5 heteroatoms. The van der Waals surface area contributed by atoms with E-state index in [4.69, 9.17) is 9.73 Å². The van der Waals surface area contributed by atoms with Gasteiger partial charge in [-0.3, -0.25) is 9.79 Å². The van der Waals surface area contributed by atoms with Crippen LogP contribution in [0.2, 0.25) is 0 Å². The molecule has 2 aliphatic rings. The van der Waals surface area contributed by atoms with Crippen LogP contribution in [0.3, 0.4) is 0 Å². The Kier molecular flexibility index (Phi) is 6.08. The van der Waals surface area contributed by atoms with E-state index in [0.717, 1.165) is 23.2 Å². The molecule has 0 saturated heterocycles. The van der Waals surface area contributed by atoms with E-state index >= 15 is 0 Å². The third-order valence-electron chi connectivity index (χ3n) is 6.37. The number of carbonyl (C=O) groups excluding carboxylic acids is 1. The maximum Gasteiger partial charge on any atom is 0.338 e. The Morgan fingerprint density at radius 2 is 2.06 bits per heavy atom. The second-order valence-corrected chi connectivity index (χ2v) is 8.15. The summed E-state index contributed by atoms with van der Waals surface area (Å²) in [6.45, 7) is 6.35. The van der Waals surface area contributed by atoms with E-state index in [9.17, 15) is 9.59 Å². The summed E-state index contributed by atoms with van der Waals surface area (Å²) in [5.41, 5.74) is 3.93. The minimum Gasteiger partial charge on any atom is -0.462 e. The summed E-state index contributed by atoms with van der Waals surface area (Å²) in [6.07, 6.45) is 12.9. The van der Waals surface area contributed by atoms with Gasteiger partial charge in [0.15, 0.2) is 0 Å². The number of pyridine rings is 1. The summed E-state index contributed by atoms with van der Waals surface area (Å²) in [7, 11) is 0. The van der Waals surface area contributed by atoms with E-state index in [-0.39, 0.29) is 23.4 Å². The van der Waals surface area contributed by atoms with Crippen LogP contribution < -0.4 is 5.56 Å². The van der Waals surface area contributed by atoms with Gasteiger partial charge < -0.3 is 9.72 Å². The Bertz CT molecular complexity index is 1200. The molecule has 0 spiro atoms. The molecule has 2 aliphatic carbocycles. The highest BCUT2D eigenvalue weighted by molar-refractivity contribution is 5.94. The number of fused-ring (bicyclic) bond motifs is 4. The monoisotopic (exact) mass is 428 g/mol. The van der Waals surface area contributed by atoms with Gasteiger partial charge in [0.25, 0.3) is 0 Å². The van der Waals surface area contributed by atoms with Crippen LogP contribution in [-0.4, -0.2) is 23.8 Å². The fourth-order valence-electron chi connectivity index (χ4n) is 4.96. The SMILES string of the molecule is C/C=C1\C2C=CC(C)C1(N=C/C=C/c1ccccc1C(=O)OCC)c1ccc(=O)[nH]c1C2. The number of nitrogens with one attached hydrogen (secondary N) is 1. The van der Waals surface area contributed by atoms with E-state index in [2.05, 4.69) is 37.1 Å². The molecule has 0 radical (unpaired) electrons. The second-order valence-electron chi connectivity index (χ2n) is 8.15. The molecule has 0 aliphatic heterocycles. The van der Waals surface area contributed by atoms with Crippen LogP contribution in [-0.2, 0) is 16.7 Å². The van der Waals surface area contributed by atoms with E-state index < -0.39 is 5.54 Å². The Labute approximate surface area is 188 Å². The van der Waals surface area contributed by atoms with Crippen molar-refractivity contribution < 1.29 is 9.53 Å². The first-order valence-corrected chi connectivity index (χ1v) is 11.1. The minimum atomic E-state index is -0.559. The maximum atomic E-state index is 12.2. The largest absolute Gasteiger partial charge is 0.462 e. The topological polar surface area (TPSA) is 71.5 Å². The molecule has 0 saturated carbocycles. The van der Waals surface area contributed by atoms with Gasteiger partial charge in [0, 0.05) is 35.4 Å². The molecule has 2 bridgehead atoms. The second kappa shape index (κ2) is 8.95. The number of allylic oxidation sites excluding steroid dienone is 3. The smallest absolute Gasteiger partial charge is 0.338 e. The number of carbonyl (C=O) groups is 1. The molecule has 4 rings (SSSR count). The summed E-state index contributed by atoms with van der Waals surface area (Å²) in [5, 5.41) is 0. The van der Waals surface area contributed by atoms with Crippen molar-refractivity contribution in [1.82, 2.24) is 4.98 Å². The number of aliphatic imine (C=N–C) groups is 1. The van der Waals surface area contributed by atoms with Crippen LogP contribution in [0.25, 0.3) is 6.08 Å². The number of rotatable bonds is 5. The van der Waals surface area contributed by atoms with E-state index in [1.165, 1.54) is 5.57 Å². The molecule has 1 aromatic heterocycles. The molecule has 1 heterocycles. The first-order chi connectivity index (χ1) is 15.5. The molecule has 0 amide bonds. The minimum absolute atomic E-state index is 0.0861. The highest BCUT2D eigenvalue weighted by Gasteiger charge is 2.48. The van der Waals surface area contributed by atoms with E-state index in [1.54, 1.807) is 25.3 Å². The zero-order valence-corrected chi connectivity index (χ0v) is 18.7. The number of esters is 1. The summed E-state index contributed by atoms with van der Waals surface area (Å²) in [6, 6.07) is 10.9. The van der Waals surface area contributed by atoms with Gasteiger partial charge in [-0.1, -0.05) is 49.4 Å². The van der Waals surface area contributed by atoms with E-state index in [1.807, 2.05) is 36.4 Å². The van der Waals surface area contributed by atoms with Crippen LogP contribution in [0.15, 0.2) is 76.1 Å². The van der Waals surface area contributed by atoms with Gasteiger partial charge in [-0.15, -0.1) is 0 Å². The first kappa shape index (κ1) is 21.8. The van der Waals surface area contributed by atoms with Crippen LogP contribution in [0.4, 0.5) is 0 Å². The first-order valence-electron chi connectivity index (χ1n) is 11.1. The highest BCUT2D eigenvalue weighted by atomic mass is 16.5. The molecule has 164 valence electrons. The lowest BCUT2D eigenvalue weighted by Gasteiger charge is -2.47. The lowest BCUT2D eigenvalue weighted by molar-refractivity contribution is 0.0526. The molecule has 1 aromatic carbocycles. The summed E-state index contributed by atoms with van der Waals surface area (Å²) in [4.78, 5) is 32.3. The molecule has 0 fully saturated rings. The van der Waals surface area contributed by atoms with Gasteiger partial charge in [-0.25, -0.2) is 4.79 Å². The van der Waals surface area contributed by atoms with Gasteiger partial charge in [-0.05, 0) is 49.6 Å². The number of hydrogen-bond acceptors (Lipinski definition) is 4. The molecular formula is C27H28N2O3. The van der Waals surface area contributed by atoms with Crippen molar-refractivity contribution in [2.45, 2.75) is 32.7 Å². The van der Waals surface area contributed by atoms with E-state index in [0.29, 0.717) is 12.2 Å². The lowest BCUT2D eigenvalue weighted by atomic mass is 9.61. The molecular weight excluding hydrogens is 400 g/mol. The Morgan fingerprint density at radius 1 is 1.25 bits per heavy atom. The molecule has 2 aromatic rings. The Morgan fingerprint density at radius 3 is 2.84 bits per heavy atom.